The number of H-pyrrole nitrogens is 1. The molecular formula is C18H16ClN5O3S. The third-order valence-electron chi connectivity index (χ3n) is 3.66. The zero-order valence-corrected chi connectivity index (χ0v) is 16.3. The van der Waals surface area contributed by atoms with Crippen LogP contribution in [0.15, 0.2) is 64.7 Å². The zero-order chi connectivity index (χ0) is 20.1. The largest absolute Gasteiger partial charge is 0.326 e. The number of amides is 1. The van der Waals surface area contributed by atoms with Gasteiger partial charge in [0.05, 0.1) is 23.0 Å². The summed E-state index contributed by atoms with van der Waals surface area (Å²) in [5.41, 5.74) is 2.62. The minimum atomic E-state index is -3.85. The highest BCUT2D eigenvalue weighted by Crippen LogP contribution is 2.22. The summed E-state index contributed by atoms with van der Waals surface area (Å²) >= 11 is 5.89. The van der Waals surface area contributed by atoms with Gasteiger partial charge in [0.15, 0.2) is 0 Å². The van der Waals surface area contributed by atoms with E-state index in [9.17, 15) is 13.2 Å². The van der Waals surface area contributed by atoms with E-state index in [1.165, 1.54) is 43.6 Å². The van der Waals surface area contributed by atoms with Gasteiger partial charge in [-0.2, -0.15) is 18.6 Å². The van der Waals surface area contributed by atoms with Gasteiger partial charge >= 0.3 is 0 Å². The van der Waals surface area contributed by atoms with Gasteiger partial charge in [-0.15, -0.1) is 0 Å². The Morgan fingerprint density at radius 1 is 1.14 bits per heavy atom. The number of anilines is 1. The predicted octanol–water partition coefficient (Wildman–Crippen LogP) is 3.00. The lowest BCUT2D eigenvalue weighted by Crippen LogP contribution is -2.18. The van der Waals surface area contributed by atoms with Crippen LogP contribution in [0, 0.1) is 0 Å². The Labute approximate surface area is 166 Å². The lowest BCUT2D eigenvalue weighted by atomic mass is 10.1. The molecule has 0 unspecified atom stereocenters. The van der Waals surface area contributed by atoms with Crippen LogP contribution in [0.2, 0.25) is 5.02 Å². The number of carbonyl (C=O) groups is 1. The fourth-order valence-corrected chi connectivity index (χ4v) is 3.30. The summed E-state index contributed by atoms with van der Waals surface area (Å²) in [5.74, 6) is -0.241. The van der Waals surface area contributed by atoms with E-state index in [0.717, 1.165) is 5.56 Å². The quantitative estimate of drug-likeness (QED) is 0.422. The number of nitrogens with zero attached hydrogens (tertiary/aromatic N) is 2. The van der Waals surface area contributed by atoms with Crippen molar-refractivity contribution in [3.05, 3.63) is 65.3 Å². The van der Waals surface area contributed by atoms with Crippen LogP contribution >= 0.6 is 11.6 Å². The van der Waals surface area contributed by atoms with E-state index in [-0.39, 0.29) is 10.8 Å². The minimum absolute atomic E-state index is 0.0175. The van der Waals surface area contributed by atoms with E-state index < -0.39 is 10.0 Å². The maximum Gasteiger partial charge on any atom is 0.276 e. The molecular weight excluding hydrogens is 402 g/mol. The van der Waals surface area contributed by atoms with Crippen molar-refractivity contribution in [2.24, 2.45) is 5.10 Å². The molecule has 0 spiro atoms. The van der Waals surface area contributed by atoms with Gasteiger partial charge < -0.3 is 5.32 Å². The topological polar surface area (TPSA) is 116 Å². The van der Waals surface area contributed by atoms with Crippen molar-refractivity contribution in [1.82, 2.24) is 15.0 Å². The average Bonchev–Trinajstić information content (AvgIpc) is 3.11. The highest BCUT2D eigenvalue weighted by Gasteiger charge is 2.13. The predicted molar refractivity (Wildman–Crippen MR) is 108 cm³/mol. The third-order valence-corrected chi connectivity index (χ3v) is 5.15. The maximum atomic E-state index is 12.3. The number of halogens is 1. The van der Waals surface area contributed by atoms with Crippen molar-refractivity contribution in [2.45, 2.75) is 11.8 Å². The lowest BCUT2D eigenvalue weighted by molar-refractivity contribution is -0.114. The van der Waals surface area contributed by atoms with Gasteiger partial charge in [0.2, 0.25) is 5.91 Å². The first-order valence-corrected chi connectivity index (χ1v) is 9.93. The van der Waals surface area contributed by atoms with E-state index in [0.29, 0.717) is 22.0 Å². The first kappa shape index (κ1) is 19.6. The Hall–Kier alpha value is -3.17. The van der Waals surface area contributed by atoms with Crippen LogP contribution in [-0.4, -0.2) is 30.7 Å². The van der Waals surface area contributed by atoms with Gasteiger partial charge in [-0.3, -0.25) is 9.89 Å². The molecule has 3 aromatic rings. The molecule has 0 saturated carbocycles. The summed E-state index contributed by atoms with van der Waals surface area (Å²) in [4.78, 5) is 13.2. The van der Waals surface area contributed by atoms with Crippen LogP contribution in [0.4, 0.5) is 5.69 Å². The molecule has 0 atom stereocenters. The fourth-order valence-electron chi connectivity index (χ4n) is 2.38. The number of rotatable bonds is 6. The Kier molecular flexibility index (Phi) is 5.76. The number of sulfonamides is 1. The third kappa shape index (κ3) is 4.76. The van der Waals surface area contributed by atoms with Crippen molar-refractivity contribution in [2.75, 3.05) is 5.32 Å². The van der Waals surface area contributed by atoms with Crippen molar-refractivity contribution in [3.63, 3.8) is 0 Å². The van der Waals surface area contributed by atoms with Crippen LogP contribution in [-0.2, 0) is 14.8 Å². The van der Waals surface area contributed by atoms with Crippen LogP contribution in [0.1, 0.15) is 12.5 Å². The lowest BCUT2D eigenvalue weighted by Gasteiger charge is -2.05. The first-order chi connectivity index (χ1) is 13.3. The number of hydrogen-bond acceptors (Lipinski definition) is 5. The molecule has 2 aromatic carbocycles. The molecule has 3 N–H and O–H groups in total. The number of benzene rings is 2. The molecule has 144 valence electrons. The van der Waals surface area contributed by atoms with Crippen LogP contribution in [0.3, 0.4) is 0 Å². The SMILES string of the molecule is CC(=O)Nc1ccc(S(=O)(=O)N/N=C/c2cn[nH]c2-c2ccc(Cl)cc2)cc1. The number of nitrogens with one attached hydrogen (secondary N) is 3. The summed E-state index contributed by atoms with van der Waals surface area (Å²) < 4.78 is 24.7. The number of aromatic nitrogens is 2. The summed E-state index contributed by atoms with van der Waals surface area (Å²) in [6.07, 6.45) is 2.89. The molecule has 0 aliphatic carbocycles. The molecule has 0 aliphatic heterocycles. The Morgan fingerprint density at radius 2 is 1.82 bits per heavy atom. The zero-order valence-electron chi connectivity index (χ0n) is 14.7. The molecule has 3 rings (SSSR count). The second-order valence-electron chi connectivity index (χ2n) is 5.77. The molecule has 0 fully saturated rings. The van der Waals surface area contributed by atoms with Crippen molar-refractivity contribution >= 4 is 39.4 Å². The van der Waals surface area contributed by atoms with Crippen molar-refractivity contribution in [3.8, 4) is 11.3 Å². The molecule has 1 amide bonds. The van der Waals surface area contributed by atoms with E-state index in [4.69, 9.17) is 11.6 Å². The molecule has 28 heavy (non-hydrogen) atoms. The fraction of sp³-hybridized carbons (Fsp3) is 0.0556. The smallest absolute Gasteiger partial charge is 0.276 e. The summed E-state index contributed by atoms with van der Waals surface area (Å²) in [6.45, 7) is 1.37. The molecule has 0 saturated heterocycles. The molecule has 8 nitrogen and oxygen atoms in total. The van der Waals surface area contributed by atoms with Crippen molar-refractivity contribution in [1.29, 1.82) is 0 Å². The van der Waals surface area contributed by atoms with E-state index in [1.54, 1.807) is 12.1 Å². The van der Waals surface area contributed by atoms with E-state index in [1.807, 2.05) is 12.1 Å². The Bertz CT molecular complexity index is 1110. The van der Waals surface area contributed by atoms with E-state index >= 15 is 0 Å². The van der Waals surface area contributed by atoms with Gasteiger partial charge in [-0.1, -0.05) is 23.7 Å². The van der Waals surface area contributed by atoms with Gasteiger partial charge in [-0.05, 0) is 36.4 Å². The molecule has 0 bridgehead atoms. The molecule has 0 radical (unpaired) electrons. The number of hydrogen-bond donors (Lipinski definition) is 3. The molecule has 10 heteroatoms. The van der Waals surface area contributed by atoms with Crippen LogP contribution in [0.25, 0.3) is 11.3 Å². The summed E-state index contributed by atoms with van der Waals surface area (Å²) in [5, 5.41) is 13.8. The number of carbonyl (C=O) groups excluding carboxylic acids is 1. The van der Waals surface area contributed by atoms with E-state index in [2.05, 4.69) is 25.4 Å². The summed E-state index contributed by atoms with van der Waals surface area (Å²) in [7, 11) is -3.85. The minimum Gasteiger partial charge on any atom is -0.326 e. The highest BCUT2D eigenvalue weighted by molar-refractivity contribution is 7.89. The van der Waals surface area contributed by atoms with Gasteiger partial charge in [0, 0.05) is 28.8 Å². The molecule has 0 aliphatic rings. The number of hydrazone groups is 1. The second kappa shape index (κ2) is 8.24. The van der Waals surface area contributed by atoms with Crippen LogP contribution < -0.4 is 10.1 Å². The van der Waals surface area contributed by atoms with Crippen molar-refractivity contribution < 1.29 is 13.2 Å². The average molecular weight is 418 g/mol. The highest BCUT2D eigenvalue weighted by atomic mass is 35.5. The number of aromatic amines is 1. The Balaban J connectivity index is 1.73. The van der Waals surface area contributed by atoms with Gasteiger partial charge in [0.25, 0.3) is 10.0 Å². The molecule has 1 aromatic heterocycles. The maximum absolute atomic E-state index is 12.3. The second-order valence-corrected chi connectivity index (χ2v) is 7.86. The van der Waals surface area contributed by atoms with Gasteiger partial charge in [0.1, 0.15) is 0 Å². The normalized spacial score (nSPS) is 11.5. The first-order valence-electron chi connectivity index (χ1n) is 8.07. The summed E-state index contributed by atoms with van der Waals surface area (Å²) in [6, 6.07) is 12.9. The Morgan fingerprint density at radius 3 is 2.46 bits per heavy atom. The molecule has 1 heterocycles. The standard InChI is InChI=1S/C18H16ClN5O3S/c1-12(25)22-16-6-8-17(9-7-16)28(26,27)24-21-11-14-10-20-23-18(14)13-2-4-15(19)5-3-13/h2-11,24H,1H3,(H,20,23)(H,22,25)/b21-11+. The monoisotopic (exact) mass is 417 g/mol. The van der Waals surface area contributed by atoms with Gasteiger partial charge in [-0.25, -0.2) is 4.83 Å². The van der Waals surface area contributed by atoms with Crippen LogP contribution in [0.5, 0.6) is 0 Å².